The second-order valence-corrected chi connectivity index (χ2v) is 6.49. The minimum atomic E-state index is 0.180. The lowest BCUT2D eigenvalue weighted by Crippen LogP contribution is -2.09. The van der Waals surface area contributed by atoms with Gasteiger partial charge in [0.15, 0.2) is 0 Å². The second-order valence-electron chi connectivity index (χ2n) is 6.49. The molecular weight excluding hydrogens is 396 g/mol. The Hall–Kier alpha value is -4.27. The molecule has 0 spiro atoms. The first-order chi connectivity index (χ1) is 15.2. The van der Waals surface area contributed by atoms with E-state index < -0.39 is 0 Å². The lowest BCUT2D eigenvalue weighted by atomic mass is 10.3. The summed E-state index contributed by atoms with van der Waals surface area (Å²) in [4.78, 5) is 13.3. The first-order valence-corrected chi connectivity index (χ1v) is 9.76. The molecular formula is C22H22N6O3. The van der Waals surface area contributed by atoms with Crippen LogP contribution in [0.1, 0.15) is 12.7 Å². The van der Waals surface area contributed by atoms with E-state index in [1.807, 2.05) is 43.3 Å². The number of furan rings is 1. The Morgan fingerprint density at radius 3 is 2.03 bits per heavy atom. The van der Waals surface area contributed by atoms with Gasteiger partial charge in [-0.25, -0.2) is 0 Å². The van der Waals surface area contributed by atoms with Gasteiger partial charge in [-0.15, -0.1) is 0 Å². The molecule has 2 heterocycles. The molecule has 0 unspecified atom stereocenters. The fourth-order valence-corrected chi connectivity index (χ4v) is 2.75. The second kappa shape index (κ2) is 9.49. The lowest BCUT2D eigenvalue weighted by Gasteiger charge is -2.11. The molecule has 0 saturated carbocycles. The molecule has 0 saturated heterocycles. The summed E-state index contributed by atoms with van der Waals surface area (Å²) in [6.07, 6.45) is 1.61. The number of aromatic hydroxyl groups is 1. The number of phenols is 1. The van der Waals surface area contributed by atoms with Gasteiger partial charge in [-0.2, -0.15) is 15.0 Å². The monoisotopic (exact) mass is 418 g/mol. The van der Waals surface area contributed by atoms with Gasteiger partial charge in [0.2, 0.25) is 17.8 Å². The molecule has 0 aliphatic heterocycles. The van der Waals surface area contributed by atoms with Crippen molar-refractivity contribution in [2.75, 3.05) is 22.6 Å². The molecule has 2 aromatic carbocycles. The third-order valence-electron chi connectivity index (χ3n) is 4.18. The van der Waals surface area contributed by atoms with Crippen LogP contribution >= 0.6 is 0 Å². The van der Waals surface area contributed by atoms with Crippen LogP contribution in [-0.4, -0.2) is 26.7 Å². The average Bonchev–Trinajstić information content (AvgIpc) is 3.29. The first kappa shape index (κ1) is 20.0. The highest BCUT2D eigenvalue weighted by Gasteiger charge is 2.09. The Balaban J connectivity index is 1.55. The van der Waals surface area contributed by atoms with E-state index in [1.165, 1.54) is 0 Å². The summed E-state index contributed by atoms with van der Waals surface area (Å²) in [7, 11) is 0. The van der Waals surface area contributed by atoms with E-state index in [9.17, 15) is 5.11 Å². The molecule has 158 valence electrons. The van der Waals surface area contributed by atoms with Crippen LogP contribution in [0.2, 0.25) is 0 Å². The highest BCUT2D eigenvalue weighted by Crippen LogP contribution is 2.22. The van der Waals surface area contributed by atoms with Gasteiger partial charge in [0.25, 0.3) is 0 Å². The van der Waals surface area contributed by atoms with Gasteiger partial charge in [-0.3, -0.25) is 0 Å². The topological polar surface area (TPSA) is 117 Å². The van der Waals surface area contributed by atoms with Crippen molar-refractivity contribution in [2.45, 2.75) is 13.5 Å². The van der Waals surface area contributed by atoms with Gasteiger partial charge in [0, 0.05) is 11.4 Å². The first-order valence-electron chi connectivity index (χ1n) is 9.76. The third kappa shape index (κ3) is 5.63. The highest BCUT2D eigenvalue weighted by molar-refractivity contribution is 5.60. The molecule has 4 rings (SSSR count). The average molecular weight is 418 g/mol. The van der Waals surface area contributed by atoms with Crippen molar-refractivity contribution < 1.29 is 14.3 Å². The van der Waals surface area contributed by atoms with Crippen LogP contribution < -0.4 is 20.7 Å². The molecule has 0 bridgehead atoms. The van der Waals surface area contributed by atoms with Crippen molar-refractivity contribution >= 4 is 29.2 Å². The molecule has 4 aromatic rings. The predicted octanol–water partition coefficient (Wildman–Crippen LogP) is 4.67. The van der Waals surface area contributed by atoms with E-state index in [-0.39, 0.29) is 5.75 Å². The molecule has 0 radical (unpaired) electrons. The molecule has 0 amide bonds. The minimum Gasteiger partial charge on any atom is -0.508 e. The summed E-state index contributed by atoms with van der Waals surface area (Å²) >= 11 is 0. The third-order valence-corrected chi connectivity index (χ3v) is 4.18. The molecule has 31 heavy (non-hydrogen) atoms. The lowest BCUT2D eigenvalue weighted by molar-refractivity contribution is 0.340. The quantitative estimate of drug-likeness (QED) is 0.288. The van der Waals surface area contributed by atoms with Crippen LogP contribution in [0.25, 0.3) is 0 Å². The predicted molar refractivity (Wildman–Crippen MR) is 118 cm³/mol. The van der Waals surface area contributed by atoms with Gasteiger partial charge in [0.05, 0.1) is 19.4 Å². The number of ether oxygens (including phenoxy) is 1. The molecule has 9 heteroatoms. The summed E-state index contributed by atoms with van der Waals surface area (Å²) < 4.78 is 10.8. The van der Waals surface area contributed by atoms with Gasteiger partial charge < -0.3 is 30.2 Å². The van der Waals surface area contributed by atoms with Crippen molar-refractivity contribution in [3.63, 3.8) is 0 Å². The zero-order valence-corrected chi connectivity index (χ0v) is 16.9. The van der Waals surface area contributed by atoms with Gasteiger partial charge >= 0.3 is 0 Å². The smallest absolute Gasteiger partial charge is 0.233 e. The maximum Gasteiger partial charge on any atom is 0.233 e. The molecule has 0 fully saturated rings. The largest absolute Gasteiger partial charge is 0.508 e. The minimum absolute atomic E-state index is 0.180. The SMILES string of the molecule is CCOc1ccc(Nc2nc(NCc3ccco3)nc(Nc3ccc(O)cc3)n2)cc1. The van der Waals surface area contributed by atoms with Crippen molar-refractivity contribution in [1.82, 2.24) is 15.0 Å². The number of hydrogen-bond acceptors (Lipinski definition) is 9. The highest BCUT2D eigenvalue weighted by atomic mass is 16.5. The van der Waals surface area contributed by atoms with Crippen LogP contribution in [0, 0.1) is 0 Å². The summed E-state index contributed by atoms with van der Waals surface area (Å²) in [5.41, 5.74) is 1.54. The molecule has 9 nitrogen and oxygen atoms in total. The van der Waals surface area contributed by atoms with E-state index >= 15 is 0 Å². The van der Waals surface area contributed by atoms with Crippen LogP contribution in [0.3, 0.4) is 0 Å². The number of nitrogens with one attached hydrogen (secondary N) is 3. The molecule has 2 aromatic heterocycles. The number of phenolic OH excluding ortho intramolecular Hbond substituents is 1. The van der Waals surface area contributed by atoms with Crippen LogP contribution in [0.5, 0.6) is 11.5 Å². The Labute approximate surface area is 179 Å². The van der Waals surface area contributed by atoms with Crippen LogP contribution in [0.4, 0.5) is 29.2 Å². The number of benzene rings is 2. The number of nitrogens with zero attached hydrogens (tertiary/aromatic N) is 3. The number of anilines is 5. The molecule has 0 aliphatic carbocycles. The Kier molecular flexibility index (Phi) is 6.13. The van der Waals surface area contributed by atoms with Crippen molar-refractivity contribution in [3.8, 4) is 11.5 Å². The van der Waals surface area contributed by atoms with Gasteiger partial charge in [-0.05, 0) is 67.6 Å². The van der Waals surface area contributed by atoms with Gasteiger partial charge in [0.1, 0.15) is 17.3 Å². The van der Waals surface area contributed by atoms with E-state index in [0.29, 0.717) is 31.0 Å². The maximum atomic E-state index is 9.48. The number of rotatable bonds is 9. The Morgan fingerprint density at radius 2 is 1.45 bits per heavy atom. The molecule has 0 aliphatic rings. The summed E-state index contributed by atoms with van der Waals surface area (Å²) in [6.45, 7) is 2.98. The normalized spacial score (nSPS) is 10.5. The van der Waals surface area contributed by atoms with Crippen LogP contribution in [0.15, 0.2) is 71.3 Å². The number of hydrogen-bond donors (Lipinski definition) is 4. The van der Waals surface area contributed by atoms with Crippen LogP contribution in [-0.2, 0) is 6.54 Å². The maximum absolute atomic E-state index is 9.48. The molecule has 0 atom stereocenters. The van der Waals surface area contributed by atoms with Gasteiger partial charge in [-0.1, -0.05) is 0 Å². The fourth-order valence-electron chi connectivity index (χ4n) is 2.75. The van der Waals surface area contributed by atoms with E-state index in [2.05, 4.69) is 30.9 Å². The van der Waals surface area contributed by atoms with E-state index in [0.717, 1.165) is 22.9 Å². The number of aromatic nitrogens is 3. The van der Waals surface area contributed by atoms with Crippen molar-refractivity contribution in [3.05, 3.63) is 72.7 Å². The van der Waals surface area contributed by atoms with Crippen molar-refractivity contribution in [2.24, 2.45) is 0 Å². The summed E-state index contributed by atoms with van der Waals surface area (Å²) in [6, 6.07) is 17.8. The Morgan fingerprint density at radius 1 is 0.839 bits per heavy atom. The summed E-state index contributed by atoms with van der Waals surface area (Å²) in [5, 5.41) is 18.9. The summed E-state index contributed by atoms with van der Waals surface area (Å²) in [5.74, 6) is 2.81. The fraction of sp³-hybridized carbons (Fsp3) is 0.136. The molecule has 4 N–H and O–H groups in total. The van der Waals surface area contributed by atoms with E-state index in [4.69, 9.17) is 9.15 Å². The Bertz CT molecular complexity index is 1100. The zero-order valence-electron chi connectivity index (χ0n) is 16.9. The van der Waals surface area contributed by atoms with Crippen molar-refractivity contribution in [1.29, 1.82) is 0 Å². The standard InChI is InChI=1S/C22H22N6O3/c1-2-30-18-11-7-16(8-12-18)25-22-27-20(23-14-19-4-3-13-31-19)26-21(28-22)24-15-5-9-17(29)10-6-15/h3-13,29H,2,14H2,1H3,(H3,23,24,25,26,27,28). The zero-order chi connectivity index (χ0) is 21.5. The van der Waals surface area contributed by atoms with E-state index in [1.54, 1.807) is 30.5 Å².